The van der Waals surface area contributed by atoms with Crippen LogP contribution in [0.2, 0.25) is 5.02 Å². The Morgan fingerprint density at radius 3 is 1.98 bits per heavy atom. The first-order valence-corrected chi connectivity index (χ1v) is 16.3. The molecule has 9 nitrogen and oxygen atoms in total. The van der Waals surface area contributed by atoms with E-state index in [0.29, 0.717) is 55.5 Å². The molecule has 0 N–H and O–H groups in total. The van der Waals surface area contributed by atoms with Crippen LogP contribution in [0, 0.1) is 0 Å². The lowest BCUT2D eigenvalue weighted by molar-refractivity contribution is 0.0140. The van der Waals surface area contributed by atoms with Crippen LogP contribution in [0.25, 0.3) is 11.1 Å². The van der Waals surface area contributed by atoms with Gasteiger partial charge in [0, 0.05) is 75.2 Å². The van der Waals surface area contributed by atoms with Crippen molar-refractivity contribution in [2.45, 2.75) is 39.8 Å². The molecule has 0 unspecified atom stereocenters. The Kier molecular flexibility index (Phi) is 10.5. The van der Waals surface area contributed by atoms with Crippen molar-refractivity contribution in [1.29, 1.82) is 0 Å². The van der Waals surface area contributed by atoms with E-state index in [9.17, 15) is 14.4 Å². The number of rotatable bonds is 7. The van der Waals surface area contributed by atoms with Gasteiger partial charge < -0.3 is 24.2 Å². The number of nitrogens with zero attached hydrogens (tertiary/aromatic N) is 4. The lowest BCUT2D eigenvalue weighted by atomic mass is 9.96. The fourth-order valence-electron chi connectivity index (χ4n) is 5.80. The van der Waals surface area contributed by atoms with Crippen LogP contribution >= 0.6 is 11.6 Å². The number of hydrogen-bond acceptors (Lipinski definition) is 7. The van der Waals surface area contributed by atoms with Crippen LogP contribution in [0.1, 0.15) is 54.0 Å². The molecule has 10 heteroatoms. The Morgan fingerprint density at radius 1 is 0.761 bits per heavy atom. The summed E-state index contributed by atoms with van der Waals surface area (Å²) in [5.41, 5.74) is 4.90. The van der Waals surface area contributed by atoms with E-state index in [-0.39, 0.29) is 18.0 Å². The molecular formula is C36H43ClN4O5. The molecule has 0 saturated carbocycles. The van der Waals surface area contributed by atoms with Crippen LogP contribution < -0.4 is 4.90 Å². The fourth-order valence-corrected chi connectivity index (χ4v) is 5.92. The van der Waals surface area contributed by atoms with Gasteiger partial charge in [0.1, 0.15) is 5.60 Å². The van der Waals surface area contributed by atoms with Crippen LogP contribution in [0.4, 0.5) is 10.5 Å². The second-order valence-electron chi connectivity index (χ2n) is 12.7. The highest BCUT2D eigenvalue weighted by Gasteiger charge is 2.29. The summed E-state index contributed by atoms with van der Waals surface area (Å²) in [5, 5.41) is 0.675. The quantitative estimate of drug-likeness (QED) is 0.283. The minimum absolute atomic E-state index is 0.0381. The minimum Gasteiger partial charge on any atom is -0.462 e. The topological polar surface area (TPSA) is 82.6 Å². The van der Waals surface area contributed by atoms with Crippen LogP contribution in [0.15, 0.2) is 66.7 Å². The number of carbonyl (C=O) groups is 3. The van der Waals surface area contributed by atoms with Crippen LogP contribution in [0.3, 0.4) is 0 Å². The molecule has 2 amide bonds. The highest BCUT2D eigenvalue weighted by molar-refractivity contribution is 6.30. The highest BCUT2D eigenvalue weighted by Crippen LogP contribution is 2.29. The van der Waals surface area contributed by atoms with Gasteiger partial charge in [-0.25, -0.2) is 9.59 Å². The second kappa shape index (κ2) is 14.6. The molecule has 2 aliphatic rings. The molecule has 2 saturated heterocycles. The number of halogens is 1. The van der Waals surface area contributed by atoms with Gasteiger partial charge in [-0.2, -0.15) is 0 Å². The molecule has 46 heavy (non-hydrogen) atoms. The van der Waals surface area contributed by atoms with Gasteiger partial charge in [-0.15, -0.1) is 0 Å². The molecule has 2 fully saturated rings. The Labute approximate surface area is 276 Å². The summed E-state index contributed by atoms with van der Waals surface area (Å²) in [6.07, 6.45) is -0.344. The van der Waals surface area contributed by atoms with Gasteiger partial charge in [0.15, 0.2) is 0 Å². The van der Waals surface area contributed by atoms with Crippen LogP contribution in [-0.4, -0.2) is 97.2 Å². The van der Waals surface area contributed by atoms with E-state index in [1.54, 1.807) is 11.8 Å². The van der Waals surface area contributed by atoms with Crippen molar-refractivity contribution in [2.75, 3.05) is 63.9 Å². The first kappa shape index (κ1) is 33.3. The summed E-state index contributed by atoms with van der Waals surface area (Å²) < 4.78 is 10.6. The van der Waals surface area contributed by atoms with Crippen molar-refractivity contribution in [2.24, 2.45) is 0 Å². The van der Waals surface area contributed by atoms with E-state index in [1.807, 2.05) is 92.4 Å². The highest BCUT2D eigenvalue weighted by atomic mass is 35.5. The van der Waals surface area contributed by atoms with E-state index in [1.165, 1.54) is 0 Å². The molecule has 3 aromatic carbocycles. The molecule has 2 heterocycles. The van der Waals surface area contributed by atoms with Crippen molar-refractivity contribution in [1.82, 2.24) is 14.7 Å². The number of carbonyl (C=O) groups excluding carboxylic acids is 3. The van der Waals surface area contributed by atoms with E-state index in [4.69, 9.17) is 21.1 Å². The number of hydrogen-bond donors (Lipinski definition) is 0. The van der Waals surface area contributed by atoms with E-state index in [0.717, 1.165) is 48.6 Å². The third-order valence-electron chi connectivity index (χ3n) is 8.24. The Morgan fingerprint density at radius 2 is 1.37 bits per heavy atom. The lowest BCUT2D eigenvalue weighted by Crippen LogP contribution is -2.51. The van der Waals surface area contributed by atoms with E-state index < -0.39 is 5.60 Å². The SMILES string of the molecule is CCOC(=O)c1ccc(N2CCN(Cc3cc(C(=O)N4CCN(C(=O)OC(C)(C)C)CC4)ccc3-c3ccc(Cl)cc3)CC2)cc1. The summed E-state index contributed by atoms with van der Waals surface area (Å²) in [5.74, 6) is -0.344. The van der Waals surface area contributed by atoms with Crippen LogP contribution in [-0.2, 0) is 16.0 Å². The first-order valence-electron chi connectivity index (χ1n) is 15.9. The Hall–Kier alpha value is -4.08. The molecule has 0 atom stereocenters. The number of esters is 1. The maximum atomic E-state index is 13.7. The zero-order valence-corrected chi connectivity index (χ0v) is 27.9. The number of benzene rings is 3. The van der Waals surface area contributed by atoms with Crippen molar-refractivity contribution in [3.8, 4) is 11.1 Å². The van der Waals surface area contributed by atoms with Gasteiger partial charge in [-0.3, -0.25) is 9.69 Å². The predicted molar refractivity (Wildman–Crippen MR) is 180 cm³/mol. The number of piperazine rings is 2. The maximum Gasteiger partial charge on any atom is 0.410 e. The van der Waals surface area contributed by atoms with Crippen molar-refractivity contribution >= 4 is 35.3 Å². The second-order valence-corrected chi connectivity index (χ2v) is 13.1. The predicted octanol–water partition coefficient (Wildman–Crippen LogP) is 6.20. The van der Waals surface area contributed by atoms with Gasteiger partial charge in [0.25, 0.3) is 5.91 Å². The average Bonchev–Trinajstić information content (AvgIpc) is 3.05. The van der Waals surface area contributed by atoms with Crippen LogP contribution in [0.5, 0.6) is 0 Å². The molecule has 244 valence electrons. The third kappa shape index (κ3) is 8.39. The molecule has 3 aromatic rings. The van der Waals surface area contributed by atoms with Gasteiger partial charge >= 0.3 is 12.1 Å². The van der Waals surface area contributed by atoms with Crippen molar-refractivity contribution in [3.05, 3.63) is 88.4 Å². The summed E-state index contributed by atoms with van der Waals surface area (Å²) >= 11 is 6.19. The van der Waals surface area contributed by atoms with Gasteiger partial charge in [0.05, 0.1) is 12.2 Å². The normalized spacial score (nSPS) is 15.9. The zero-order chi connectivity index (χ0) is 32.8. The van der Waals surface area contributed by atoms with E-state index in [2.05, 4.69) is 9.80 Å². The summed E-state index contributed by atoms with van der Waals surface area (Å²) in [7, 11) is 0. The lowest BCUT2D eigenvalue weighted by Gasteiger charge is -2.37. The molecule has 0 aliphatic carbocycles. The molecule has 0 aromatic heterocycles. The van der Waals surface area contributed by atoms with Crippen molar-refractivity contribution in [3.63, 3.8) is 0 Å². The molecule has 0 bridgehead atoms. The summed E-state index contributed by atoms with van der Waals surface area (Å²) in [6.45, 7) is 13.6. The molecule has 5 rings (SSSR count). The maximum absolute atomic E-state index is 13.7. The molecule has 0 spiro atoms. The third-order valence-corrected chi connectivity index (χ3v) is 8.49. The Balaban J connectivity index is 1.27. The van der Waals surface area contributed by atoms with Gasteiger partial charge in [-0.05, 0) is 92.9 Å². The van der Waals surface area contributed by atoms with Crippen molar-refractivity contribution < 1.29 is 23.9 Å². The number of amides is 2. The fraction of sp³-hybridized carbons (Fsp3) is 0.417. The Bertz CT molecular complexity index is 1520. The smallest absolute Gasteiger partial charge is 0.410 e. The average molecular weight is 647 g/mol. The van der Waals surface area contributed by atoms with E-state index >= 15 is 0 Å². The minimum atomic E-state index is -0.560. The molecule has 0 radical (unpaired) electrons. The van der Waals surface area contributed by atoms with Gasteiger partial charge in [0.2, 0.25) is 0 Å². The number of ether oxygens (including phenoxy) is 2. The first-order chi connectivity index (χ1) is 22.0. The standard InChI is InChI=1S/C36H43ClN4O5/c1-5-45-34(43)27-8-13-31(14-9-27)39-18-16-38(17-19-39)25-29-24-28(10-15-32(29)26-6-11-30(37)12-7-26)33(42)40-20-22-41(23-21-40)35(44)46-36(2,3)4/h6-15,24H,5,16-23,25H2,1-4H3. The monoisotopic (exact) mass is 646 g/mol. The summed E-state index contributed by atoms with van der Waals surface area (Å²) in [6, 6.07) is 21.3. The summed E-state index contributed by atoms with van der Waals surface area (Å²) in [4.78, 5) is 46.4. The molecule has 2 aliphatic heterocycles. The zero-order valence-electron chi connectivity index (χ0n) is 27.1. The largest absolute Gasteiger partial charge is 0.462 e. The molecular weight excluding hydrogens is 604 g/mol. The van der Waals surface area contributed by atoms with Gasteiger partial charge in [-0.1, -0.05) is 29.8 Å². The number of anilines is 1.